The summed E-state index contributed by atoms with van der Waals surface area (Å²) < 4.78 is 4.18. The van der Waals surface area contributed by atoms with E-state index in [1.165, 1.54) is 38.5 Å². The van der Waals surface area contributed by atoms with Crippen LogP contribution in [0.3, 0.4) is 0 Å². The molecule has 2 fully saturated rings. The quantitative estimate of drug-likeness (QED) is 0.852. The second-order valence-corrected chi connectivity index (χ2v) is 6.08. The highest BCUT2D eigenvalue weighted by Crippen LogP contribution is 2.42. The smallest absolute Gasteiger partial charge is 0.290 e. The van der Waals surface area contributed by atoms with Crippen LogP contribution in [-0.4, -0.2) is 9.36 Å². The van der Waals surface area contributed by atoms with Gasteiger partial charge in [0.15, 0.2) is 0 Å². The summed E-state index contributed by atoms with van der Waals surface area (Å²) in [6.45, 7) is 2.98. The first kappa shape index (κ1) is 12.8. The van der Waals surface area contributed by atoms with Crippen LogP contribution in [0.5, 0.6) is 0 Å². The predicted molar refractivity (Wildman–Crippen MR) is 77.5 cm³/mol. The van der Waals surface area contributed by atoms with Crippen molar-refractivity contribution in [2.45, 2.75) is 76.8 Å². The van der Waals surface area contributed by atoms with Crippen molar-refractivity contribution in [3.63, 3.8) is 0 Å². The Morgan fingerprint density at radius 1 is 1.11 bits per heavy atom. The monoisotopic (exact) mass is 263 g/mol. The molecule has 2 aliphatic rings. The third-order valence-electron chi connectivity index (χ3n) is 4.69. The Morgan fingerprint density at radius 3 is 2.26 bits per heavy atom. The molecule has 0 unspecified atom stereocenters. The standard InChI is InChI=1S/C15H25N3O/c1-2-17-14(11-9-10-11)13(16)15(19)18(17)12-7-5-3-4-6-8-12/h11-12H,2-10,16H2,1H3. The third kappa shape index (κ3) is 2.21. The predicted octanol–water partition coefficient (Wildman–Crippen LogP) is 3.02. The van der Waals surface area contributed by atoms with E-state index in [0.717, 1.165) is 25.1 Å². The first-order chi connectivity index (χ1) is 9.24. The van der Waals surface area contributed by atoms with E-state index >= 15 is 0 Å². The zero-order valence-electron chi connectivity index (χ0n) is 11.9. The van der Waals surface area contributed by atoms with Gasteiger partial charge in [0.25, 0.3) is 5.56 Å². The summed E-state index contributed by atoms with van der Waals surface area (Å²) in [6, 6.07) is 0.366. The molecule has 4 heteroatoms. The summed E-state index contributed by atoms with van der Waals surface area (Å²) in [5.74, 6) is 0.541. The molecule has 0 spiro atoms. The number of hydrogen-bond donors (Lipinski definition) is 1. The van der Waals surface area contributed by atoms with Gasteiger partial charge in [-0.3, -0.25) is 9.48 Å². The lowest BCUT2D eigenvalue weighted by Gasteiger charge is -2.21. The lowest BCUT2D eigenvalue weighted by atomic mass is 10.1. The molecule has 0 radical (unpaired) electrons. The lowest BCUT2D eigenvalue weighted by Crippen LogP contribution is -2.28. The molecule has 2 N–H and O–H groups in total. The van der Waals surface area contributed by atoms with Gasteiger partial charge < -0.3 is 5.73 Å². The second-order valence-electron chi connectivity index (χ2n) is 6.08. The number of rotatable bonds is 3. The molecule has 0 bridgehead atoms. The molecule has 106 valence electrons. The fourth-order valence-corrected chi connectivity index (χ4v) is 3.57. The number of anilines is 1. The van der Waals surface area contributed by atoms with Crippen LogP contribution < -0.4 is 11.3 Å². The molecular formula is C15H25N3O. The molecule has 0 aromatic carbocycles. The van der Waals surface area contributed by atoms with Gasteiger partial charge >= 0.3 is 0 Å². The van der Waals surface area contributed by atoms with E-state index in [2.05, 4.69) is 11.6 Å². The highest BCUT2D eigenvalue weighted by Gasteiger charge is 2.33. The van der Waals surface area contributed by atoms with Gasteiger partial charge in [-0.2, -0.15) is 0 Å². The van der Waals surface area contributed by atoms with Crippen LogP contribution in [0, 0.1) is 0 Å². The van der Waals surface area contributed by atoms with Crippen molar-refractivity contribution in [3.05, 3.63) is 16.0 Å². The lowest BCUT2D eigenvalue weighted by molar-refractivity contribution is 0.330. The third-order valence-corrected chi connectivity index (χ3v) is 4.69. The van der Waals surface area contributed by atoms with Crippen molar-refractivity contribution in [2.75, 3.05) is 5.73 Å². The summed E-state index contributed by atoms with van der Waals surface area (Å²) in [7, 11) is 0. The van der Waals surface area contributed by atoms with Crippen LogP contribution in [0.2, 0.25) is 0 Å². The SMILES string of the molecule is CCn1c(C2CC2)c(N)c(=O)n1C1CCCCCC1. The summed E-state index contributed by atoms with van der Waals surface area (Å²) in [4.78, 5) is 12.5. The number of aromatic nitrogens is 2. The molecule has 1 aromatic rings. The molecule has 0 atom stereocenters. The van der Waals surface area contributed by atoms with Crippen LogP contribution in [0.4, 0.5) is 5.69 Å². The molecule has 0 aliphatic heterocycles. The number of nitrogen functional groups attached to an aromatic ring is 1. The number of hydrogen-bond acceptors (Lipinski definition) is 2. The number of nitrogens with two attached hydrogens (primary N) is 1. The fraction of sp³-hybridized carbons (Fsp3) is 0.800. The summed E-state index contributed by atoms with van der Waals surface area (Å²) in [5, 5.41) is 0. The highest BCUT2D eigenvalue weighted by atomic mass is 16.1. The van der Waals surface area contributed by atoms with Gasteiger partial charge in [-0.25, -0.2) is 4.68 Å². The minimum absolute atomic E-state index is 0.0654. The maximum Gasteiger partial charge on any atom is 0.290 e. The van der Waals surface area contributed by atoms with Gasteiger partial charge in [-0.15, -0.1) is 0 Å². The maximum absolute atomic E-state index is 12.5. The first-order valence-corrected chi connectivity index (χ1v) is 7.84. The average Bonchev–Trinajstić information content (AvgIpc) is 3.22. The molecule has 0 saturated heterocycles. The Balaban J connectivity index is 2.03. The van der Waals surface area contributed by atoms with Crippen LogP contribution >= 0.6 is 0 Å². The molecule has 0 amide bonds. The Labute approximate surface area is 114 Å². The Hall–Kier alpha value is -1.19. The fourth-order valence-electron chi connectivity index (χ4n) is 3.57. The largest absolute Gasteiger partial charge is 0.393 e. The van der Waals surface area contributed by atoms with Crippen LogP contribution in [-0.2, 0) is 6.54 Å². The normalized spacial score (nSPS) is 21.5. The zero-order chi connectivity index (χ0) is 13.4. The van der Waals surface area contributed by atoms with Crippen molar-refractivity contribution in [3.8, 4) is 0 Å². The van der Waals surface area contributed by atoms with E-state index in [1.807, 2.05) is 4.68 Å². The van der Waals surface area contributed by atoms with E-state index in [-0.39, 0.29) is 5.56 Å². The van der Waals surface area contributed by atoms with E-state index in [9.17, 15) is 4.79 Å². The minimum Gasteiger partial charge on any atom is -0.393 e. The van der Waals surface area contributed by atoms with Crippen molar-refractivity contribution in [2.24, 2.45) is 0 Å². The van der Waals surface area contributed by atoms with Gasteiger partial charge in [0, 0.05) is 12.5 Å². The van der Waals surface area contributed by atoms with Crippen LogP contribution in [0.15, 0.2) is 4.79 Å². The Bertz CT molecular complexity index is 502. The van der Waals surface area contributed by atoms with Crippen molar-refractivity contribution < 1.29 is 0 Å². The molecule has 4 nitrogen and oxygen atoms in total. The first-order valence-electron chi connectivity index (χ1n) is 7.84. The van der Waals surface area contributed by atoms with E-state index in [0.29, 0.717) is 17.6 Å². The molecule has 1 heterocycles. The maximum atomic E-state index is 12.5. The van der Waals surface area contributed by atoms with Gasteiger partial charge in [0.05, 0.1) is 11.7 Å². The topological polar surface area (TPSA) is 52.9 Å². The van der Waals surface area contributed by atoms with Gasteiger partial charge in [-0.1, -0.05) is 25.7 Å². The van der Waals surface area contributed by atoms with Gasteiger partial charge in [0.2, 0.25) is 0 Å². The van der Waals surface area contributed by atoms with E-state index < -0.39 is 0 Å². The van der Waals surface area contributed by atoms with E-state index in [1.54, 1.807) is 0 Å². The molecule has 1 aromatic heterocycles. The second kappa shape index (κ2) is 5.06. The van der Waals surface area contributed by atoms with Crippen molar-refractivity contribution in [1.29, 1.82) is 0 Å². The summed E-state index contributed by atoms with van der Waals surface area (Å²) in [5.41, 5.74) is 7.82. The molecule has 3 rings (SSSR count). The van der Waals surface area contributed by atoms with Gasteiger partial charge in [0.1, 0.15) is 5.69 Å². The molecule has 2 aliphatic carbocycles. The number of nitrogens with zero attached hydrogens (tertiary/aromatic N) is 2. The molecular weight excluding hydrogens is 238 g/mol. The van der Waals surface area contributed by atoms with Crippen molar-refractivity contribution >= 4 is 5.69 Å². The Kier molecular flexibility index (Phi) is 3.42. The molecule has 19 heavy (non-hydrogen) atoms. The van der Waals surface area contributed by atoms with E-state index in [4.69, 9.17) is 5.73 Å². The summed E-state index contributed by atoms with van der Waals surface area (Å²) >= 11 is 0. The van der Waals surface area contributed by atoms with Gasteiger partial charge in [-0.05, 0) is 32.6 Å². The molecule has 2 saturated carbocycles. The minimum atomic E-state index is 0.0654. The van der Waals surface area contributed by atoms with Crippen molar-refractivity contribution in [1.82, 2.24) is 9.36 Å². The Morgan fingerprint density at radius 2 is 1.74 bits per heavy atom. The van der Waals surface area contributed by atoms with Crippen LogP contribution in [0.25, 0.3) is 0 Å². The summed E-state index contributed by atoms with van der Waals surface area (Å²) in [6.07, 6.45) is 9.75. The van der Waals surface area contributed by atoms with Crippen LogP contribution in [0.1, 0.15) is 75.9 Å². The zero-order valence-corrected chi connectivity index (χ0v) is 11.9. The highest BCUT2D eigenvalue weighted by molar-refractivity contribution is 5.45. The average molecular weight is 263 g/mol.